The van der Waals surface area contributed by atoms with E-state index in [9.17, 15) is 4.79 Å². The molecule has 7 nitrogen and oxygen atoms in total. The molecule has 8 heteroatoms. The van der Waals surface area contributed by atoms with Crippen LogP contribution in [0.2, 0.25) is 5.15 Å². The normalized spacial score (nSPS) is 10.9. The minimum atomic E-state index is -1.06. The Hall–Kier alpha value is -1.89. The van der Waals surface area contributed by atoms with Gasteiger partial charge in [-0.05, 0) is 6.42 Å². The zero-order valence-corrected chi connectivity index (χ0v) is 11.4. The lowest BCUT2D eigenvalue weighted by atomic mass is 10.2. The van der Waals surface area contributed by atoms with Gasteiger partial charge in [-0.1, -0.05) is 30.2 Å². The van der Waals surface area contributed by atoms with Crippen molar-refractivity contribution < 1.29 is 9.90 Å². The molecule has 2 aromatic heterocycles. The van der Waals surface area contributed by atoms with E-state index in [1.165, 1.54) is 0 Å². The van der Waals surface area contributed by atoms with Crippen LogP contribution in [0.5, 0.6) is 0 Å². The van der Waals surface area contributed by atoms with E-state index in [1.807, 2.05) is 6.92 Å². The van der Waals surface area contributed by atoms with E-state index in [2.05, 4.69) is 15.3 Å². The SMILES string of the molecule is CCCc1c(C(=O)O)nnn1Cc1ncc(Cl)n1C. The lowest BCUT2D eigenvalue weighted by Gasteiger charge is -2.06. The van der Waals surface area contributed by atoms with Crippen molar-refractivity contribution in [3.8, 4) is 0 Å². The monoisotopic (exact) mass is 283 g/mol. The Bertz CT molecular complexity index is 604. The number of hydrogen-bond acceptors (Lipinski definition) is 4. The first-order valence-corrected chi connectivity index (χ1v) is 6.24. The van der Waals surface area contributed by atoms with Crippen molar-refractivity contribution in [1.29, 1.82) is 0 Å². The van der Waals surface area contributed by atoms with E-state index >= 15 is 0 Å². The fourth-order valence-electron chi connectivity index (χ4n) is 1.82. The molecule has 2 aromatic rings. The Kier molecular flexibility index (Phi) is 3.84. The van der Waals surface area contributed by atoms with Crippen LogP contribution in [-0.2, 0) is 20.0 Å². The standard InChI is InChI=1S/C11H14ClN5O2/c1-3-4-7-10(11(18)19)14-15-17(7)6-9-13-5-8(12)16(9)2/h5H,3-4,6H2,1-2H3,(H,18,19). The second kappa shape index (κ2) is 5.40. The summed E-state index contributed by atoms with van der Waals surface area (Å²) in [7, 11) is 1.79. The molecule has 2 rings (SSSR count). The van der Waals surface area contributed by atoms with Crippen molar-refractivity contribution in [1.82, 2.24) is 24.5 Å². The largest absolute Gasteiger partial charge is 0.476 e. The van der Waals surface area contributed by atoms with Crippen LogP contribution < -0.4 is 0 Å². The minimum absolute atomic E-state index is 0.00200. The summed E-state index contributed by atoms with van der Waals surface area (Å²) < 4.78 is 3.28. The van der Waals surface area contributed by atoms with Crippen LogP contribution in [0.4, 0.5) is 0 Å². The van der Waals surface area contributed by atoms with Crippen molar-refractivity contribution in [3.63, 3.8) is 0 Å². The predicted molar refractivity (Wildman–Crippen MR) is 68.3 cm³/mol. The molecule has 19 heavy (non-hydrogen) atoms. The third kappa shape index (κ3) is 2.60. The lowest BCUT2D eigenvalue weighted by molar-refractivity contribution is 0.0689. The molecule has 0 saturated carbocycles. The summed E-state index contributed by atoms with van der Waals surface area (Å²) in [5.41, 5.74) is 0.608. The minimum Gasteiger partial charge on any atom is -0.476 e. The summed E-state index contributed by atoms with van der Waals surface area (Å²) in [5, 5.41) is 17.2. The number of carbonyl (C=O) groups is 1. The van der Waals surface area contributed by atoms with E-state index in [0.717, 1.165) is 6.42 Å². The van der Waals surface area contributed by atoms with Gasteiger partial charge in [0.05, 0.1) is 11.9 Å². The van der Waals surface area contributed by atoms with Gasteiger partial charge in [-0.25, -0.2) is 14.5 Å². The number of nitrogens with zero attached hydrogens (tertiary/aromatic N) is 5. The van der Waals surface area contributed by atoms with Gasteiger partial charge < -0.3 is 9.67 Å². The quantitative estimate of drug-likeness (QED) is 0.895. The van der Waals surface area contributed by atoms with Crippen LogP contribution >= 0.6 is 11.6 Å². The number of imidazole rings is 1. The molecule has 0 saturated heterocycles. The number of halogens is 1. The third-order valence-electron chi connectivity index (χ3n) is 2.85. The number of aromatic carboxylic acids is 1. The van der Waals surface area contributed by atoms with E-state index in [4.69, 9.17) is 16.7 Å². The van der Waals surface area contributed by atoms with Crippen LogP contribution in [0.3, 0.4) is 0 Å². The fraction of sp³-hybridized carbons (Fsp3) is 0.455. The van der Waals surface area contributed by atoms with E-state index in [-0.39, 0.29) is 5.69 Å². The number of carboxylic acid groups (broad SMARTS) is 1. The van der Waals surface area contributed by atoms with E-state index < -0.39 is 5.97 Å². The molecule has 0 aliphatic heterocycles. The molecule has 0 radical (unpaired) electrons. The van der Waals surface area contributed by atoms with Crippen LogP contribution in [0, 0.1) is 0 Å². The first-order valence-electron chi connectivity index (χ1n) is 5.86. The Morgan fingerprint density at radius 3 is 2.79 bits per heavy atom. The maximum atomic E-state index is 11.1. The lowest BCUT2D eigenvalue weighted by Crippen LogP contribution is -2.12. The molecule has 0 spiro atoms. The molecule has 0 aliphatic rings. The molecular formula is C11H14ClN5O2. The van der Waals surface area contributed by atoms with Crippen LogP contribution in [-0.4, -0.2) is 35.6 Å². The highest BCUT2D eigenvalue weighted by Gasteiger charge is 2.19. The second-order valence-corrected chi connectivity index (χ2v) is 4.54. The molecule has 0 fully saturated rings. The summed E-state index contributed by atoms with van der Waals surface area (Å²) in [5.74, 6) is -0.364. The molecule has 102 valence electrons. The highest BCUT2D eigenvalue weighted by atomic mass is 35.5. The Balaban J connectivity index is 2.34. The molecule has 0 unspecified atom stereocenters. The zero-order valence-electron chi connectivity index (χ0n) is 10.7. The van der Waals surface area contributed by atoms with Crippen molar-refractivity contribution >= 4 is 17.6 Å². The molecule has 0 aliphatic carbocycles. The highest BCUT2D eigenvalue weighted by Crippen LogP contribution is 2.13. The number of aromatic nitrogens is 5. The average Bonchev–Trinajstić information content (AvgIpc) is 2.89. The van der Waals surface area contributed by atoms with Gasteiger partial charge in [0, 0.05) is 7.05 Å². The zero-order chi connectivity index (χ0) is 14.0. The summed E-state index contributed by atoms with van der Waals surface area (Å²) in [6.45, 7) is 2.32. The Morgan fingerprint density at radius 1 is 1.53 bits per heavy atom. The van der Waals surface area contributed by atoms with Gasteiger partial charge >= 0.3 is 5.97 Å². The number of rotatable bonds is 5. The molecule has 0 bridgehead atoms. The Morgan fingerprint density at radius 2 is 2.26 bits per heavy atom. The molecule has 2 heterocycles. The molecular weight excluding hydrogens is 270 g/mol. The summed E-state index contributed by atoms with van der Waals surface area (Å²) in [6, 6.07) is 0. The molecule has 0 atom stereocenters. The van der Waals surface area contributed by atoms with Crippen molar-refractivity contribution in [3.05, 3.63) is 28.6 Å². The summed E-state index contributed by atoms with van der Waals surface area (Å²) in [4.78, 5) is 15.2. The van der Waals surface area contributed by atoms with Crippen LogP contribution in [0.15, 0.2) is 6.20 Å². The highest BCUT2D eigenvalue weighted by molar-refractivity contribution is 6.29. The van der Waals surface area contributed by atoms with Gasteiger partial charge in [-0.2, -0.15) is 0 Å². The third-order valence-corrected chi connectivity index (χ3v) is 3.20. The van der Waals surface area contributed by atoms with Crippen LogP contribution in [0.25, 0.3) is 0 Å². The maximum Gasteiger partial charge on any atom is 0.358 e. The molecule has 1 N–H and O–H groups in total. The van der Waals surface area contributed by atoms with E-state index in [0.29, 0.717) is 29.6 Å². The van der Waals surface area contributed by atoms with Crippen molar-refractivity contribution in [2.24, 2.45) is 7.05 Å². The number of hydrogen-bond donors (Lipinski definition) is 1. The van der Waals surface area contributed by atoms with Crippen LogP contribution in [0.1, 0.15) is 35.4 Å². The summed E-state index contributed by atoms with van der Waals surface area (Å²) in [6.07, 6.45) is 2.97. The van der Waals surface area contributed by atoms with E-state index in [1.54, 1.807) is 22.5 Å². The second-order valence-electron chi connectivity index (χ2n) is 4.15. The predicted octanol–water partition coefficient (Wildman–Crippen LogP) is 1.36. The Labute approximate surface area is 114 Å². The van der Waals surface area contributed by atoms with Crippen molar-refractivity contribution in [2.45, 2.75) is 26.3 Å². The van der Waals surface area contributed by atoms with Gasteiger partial charge in [0.1, 0.15) is 17.5 Å². The average molecular weight is 284 g/mol. The molecule has 0 aromatic carbocycles. The first kappa shape index (κ1) is 13.5. The topological polar surface area (TPSA) is 85.8 Å². The van der Waals surface area contributed by atoms with Gasteiger partial charge in [-0.3, -0.25) is 0 Å². The van der Waals surface area contributed by atoms with Gasteiger partial charge in [0.15, 0.2) is 5.69 Å². The molecule has 0 amide bonds. The number of carboxylic acids is 1. The summed E-state index contributed by atoms with van der Waals surface area (Å²) >= 11 is 5.91. The maximum absolute atomic E-state index is 11.1. The smallest absolute Gasteiger partial charge is 0.358 e. The van der Waals surface area contributed by atoms with Gasteiger partial charge in [0.2, 0.25) is 0 Å². The first-order chi connectivity index (χ1) is 9.04. The van der Waals surface area contributed by atoms with Gasteiger partial charge in [-0.15, -0.1) is 5.10 Å². The van der Waals surface area contributed by atoms with Crippen molar-refractivity contribution in [2.75, 3.05) is 0 Å². The van der Waals surface area contributed by atoms with Gasteiger partial charge in [0.25, 0.3) is 0 Å². The fourth-order valence-corrected chi connectivity index (χ4v) is 1.96.